The van der Waals surface area contributed by atoms with Gasteiger partial charge in [-0.15, -0.1) is 21.5 Å². The number of anilines is 1. The summed E-state index contributed by atoms with van der Waals surface area (Å²) in [5.41, 5.74) is 2.25. The third-order valence-electron chi connectivity index (χ3n) is 6.58. The van der Waals surface area contributed by atoms with Gasteiger partial charge in [0.15, 0.2) is 17.6 Å². The molecule has 2 N–H and O–H groups in total. The molecule has 0 bridgehead atoms. The summed E-state index contributed by atoms with van der Waals surface area (Å²) in [6.45, 7) is 2.00. The van der Waals surface area contributed by atoms with E-state index in [-0.39, 0.29) is 37.3 Å². The molecule has 0 aliphatic heterocycles. The van der Waals surface area contributed by atoms with Gasteiger partial charge in [-0.2, -0.15) is 0 Å². The van der Waals surface area contributed by atoms with Crippen molar-refractivity contribution >= 4 is 61.8 Å². The minimum Gasteiger partial charge on any atom is -0.484 e. The van der Waals surface area contributed by atoms with Crippen LogP contribution < -0.4 is 15.4 Å². The molecule has 1 aliphatic carbocycles. The van der Waals surface area contributed by atoms with Crippen molar-refractivity contribution in [3.8, 4) is 11.4 Å². The lowest BCUT2D eigenvalue weighted by molar-refractivity contribution is -0.123. The first kappa shape index (κ1) is 30.8. The first-order valence-electron chi connectivity index (χ1n) is 13.8. The summed E-state index contributed by atoms with van der Waals surface area (Å²) in [5.74, 6) is 0.155. The number of aryl methyl sites for hydroxylation is 1. The van der Waals surface area contributed by atoms with Crippen LogP contribution in [0.2, 0.25) is 0 Å². The molecule has 2 aromatic carbocycles. The summed E-state index contributed by atoms with van der Waals surface area (Å²) >= 11 is 6.12. The van der Waals surface area contributed by atoms with Gasteiger partial charge in [-0.25, -0.2) is 4.79 Å². The zero-order valence-corrected chi connectivity index (χ0v) is 26.6. The number of amides is 2. The summed E-state index contributed by atoms with van der Waals surface area (Å²) in [7, 11) is 0. The Bertz CT molecular complexity index is 1590. The third-order valence-corrected chi connectivity index (χ3v) is 9.24. The largest absolute Gasteiger partial charge is 0.484 e. The molecule has 2 heterocycles. The number of hydrogen-bond donors (Lipinski definition) is 2. The second-order valence-electron chi connectivity index (χ2n) is 9.56. The fraction of sp³-hybridized carbons (Fsp3) is 0.300. The van der Waals surface area contributed by atoms with E-state index >= 15 is 0 Å². The molecule has 10 nitrogen and oxygen atoms in total. The number of thioether (sulfide) groups is 1. The van der Waals surface area contributed by atoms with Gasteiger partial charge in [0.2, 0.25) is 5.91 Å². The lowest BCUT2D eigenvalue weighted by atomic mass is 9.95. The molecule has 0 radical (unpaired) electrons. The van der Waals surface area contributed by atoms with Crippen LogP contribution in [0.4, 0.5) is 5.00 Å². The van der Waals surface area contributed by atoms with Crippen molar-refractivity contribution in [1.29, 1.82) is 0 Å². The zero-order valence-electron chi connectivity index (χ0n) is 23.4. The lowest BCUT2D eigenvalue weighted by Crippen LogP contribution is -2.29. The molecule has 0 fully saturated rings. The number of nitrogens with zero attached hydrogens (tertiary/aromatic N) is 3. The van der Waals surface area contributed by atoms with Crippen molar-refractivity contribution in [1.82, 2.24) is 20.1 Å². The number of fused-ring (bicyclic) bond motifs is 1. The molecule has 43 heavy (non-hydrogen) atoms. The fourth-order valence-electron chi connectivity index (χ4n) is 4.62. The van der Waals surface area contributed by atoms with Gasteiger partial charge in [0.25, 0.3) is 5.91 Å². The Balaban J connectivity index is 1.27. The van der Waals surface area contributed by atoms with Crippen LogP contribution in [0.5, 0.6) is 5.75 Å². The number of benzene rings is 2. The van der Waals surface area contributed by atoms with E-state index in [1.54, 1.807) is 23.6 Å². The quantitative estimate of drug-likeness (QED) is 0.147. The number of para-hydroxylation sites is 1. The highest BCUT2D eigenvalue weighted by Crippen LogP contribution is 2.38. The summed E-state index contributed by atoms with van der Waals surface area (Å²) in [6, 6.07) is 16.7. The van der Waals surface area contributed by atoms with E-state index < -0.39 is 5.97 Å². The van der Waals surface area contributed by atoms with Gasteiger partial charge < -0.3 is 20.1 Å². The molecule has 0 saturated carbocycles. The van der Waals surface area contributed by atoms with Crippen LogP contribution in [0.15, 0.2) is 64.2 Å². The summed E-state index contributed by atoms with van der Waals surface area (Å²) in [6.07, 6.45) is 3.77. The maximum absolute atomic E-state index is 13.1. The second-order valence-corrected chi connectivity index (χ2v) is 12.5. The van der Waals surface area contributed by atoms with Crippen LogP contribution in [-0.4, -0.2) is 51.5 Å². The third kappa shape index (κ3) is 7.84. The maximum atomic E-state index is 13.1. The number of carbonyl (C=O) groups excluding carboxylic acids is 3. The summed E-state index contributed by atoms with van der Waals surface area (Å²) < 4.78 is 13.5. The molecule has 0 atom stereocenters. The Labute approximate surface area is 265 Å². The van der Waals surface area contributed by atoms with Crippen molar-refractivity contribution in [3.63, 3.8) is 0 Å². The van der Waals surface area contributed by atoms with Gasteiger partial charge in [-0.3, -0.25) is 14.2 Å². The number of esters is 1. The number of halogens is 1. The van der Waals surface area contributed by atoms with E-state index in [4.69, 9.17) is 9.47 Å². The Kier molecular flexibility index (Phi) is 10.5. The summed E-state index contributed by atoms with van der Waals surface area (Å²) in [5, 5.41) is 15.4. The standard InChI is InChI=1S/C30H30BrN5O5S2/c1-2-40-29(39)27-22-10-6-7-11-23(22)43-28(27)33-26(38)18-42-30-35-34-24(36(30)20-14-12-19(31)13-15-20)16-32-25(37)17-41-21-8-4-3-5-9-21/h3-5,8-9,12-15H,2,6-7,10-11,16-18H2,1H3,(H,32,37)(H,33,38). The first-order valence-corrected chi connectivity index (χ1v) is 16.4. The minimum atomic E-state index is -0.402. The molecule has 0 saturated heterocycles. The lowest BCUT2D eigenvalue weighted by Gasteiger charge is -2.12. The highest BCUT2D eigenvalue weighted by atomic mass is 79.9. The minimum absolute atomic E-state index is 0.0385. The van der Waals surface area contributed by atoms with Crippen molar-refractivity contribution < 1.29 is 23.9 Å². The van der Waals surface area contributed by atoms with Crippen LogP contribution in [0.1, 0.15) is 46.4 Å². The van der Waals surface area contributed by atoms with E-state index in [1.165, 1.54) is 23.1 Å². The van der Waals surface area contributed by atoms with Crippen LogP contribution in [0, 0.1) is 0 Å². The Morgan fingerprint density at radius 2 is 1.79 bits per heavy atom. The molecule has 13 heteroatoms. The SMILES string of the molecule is CCOC(=O)c1c(NC(=O)CSc2nnc(CNC(=O)COc3ccccc3)n2-c2ccc(Br)cc2)sc2c1CCCC2. The van der Waals surface area contributed by atoms with E-state index in [1.807, 2.05) is 42.5 Å². The topological polar surface area (TPSA) is 124 Å². The van der Waals surface area contributed by atoms with Gasteiger partial charge in [-0.1, -0.05) is 45.9 Å². The molecule has 2 aromatic heterocycles. The van der Waals surface area contributed by atoms with E-state index in [0.717, 1.165) is 46.3 Å². The van der Waals surface area contributed by atoms with Crippen molar-refractivity contribution in [2.45, 2.75) is 44.3 Å². The predicted octanol–water partition coefficient (Wildman–Crippen LogP) is 5.57. The highest BCUT2D eigenvalue weighted by molar-refractivity contribution is 9.10. The van der Waals surface area contributed by atoms with E-state index in [9.17, 15) is 14.4 Å². The van der Waals surface area contributed by atoms with Gasteiger partial charge in [0.05, 0.1) is 24.5 Å². The van der Waals surface area contributed by atoms with E-state index in [0.29, 0.717) is 27.3 Å². The zero-order chi connectivity index (χ0) is 30.2. The molecule has 224 valence electrons. The normalized spacial score (nSPS) is 12.3. The number of carbonyl (C=O) groups is 3. The second kappa shape index (κ2) is 14.7. The van der Waals surface area contributed by atoms with Crippen molar-refractivity contribution in [2.75, 3.05) is 24.3 Å². The molecular weight excluding hydrogens is 654 g/mol. The summed E-state index contributed by atoms with van der Waals surface area (Å²) in [4.78, 5) is 39.5. The predicted molar refractivity (Wildman–Crippen MR) is 169 cm³/mol. The molecule has 0 spiro atoms. The fourth-order valence-corrected chi connectivity index (χ4v) is 6.95. The maximum Gasteiger partial charge on any atom is 0.341 e. The van der Waals surface area contributed by atoms with Crippen LogP contribution in [-0.2, 0) is 33.7 Å². The Morgan fingerprint density at radius 3 is 2.56 bits per heavy atom. The molecule has 1 aliphatic rings. The number of thiophene rings is 1. The van der Waals surface area contributed by atoms with Gasteiger partial charge in [-0.05, 0) is 74.6 Å². The number of hydrogen-bond acceptors (Lipinski definition) is 9. The van der Waals surface area contributed by atoms with Crippen LogP contribution >= 0.6 is 39.0 Å². The number of aromatic nitrogens is 3. The van der Waals surface area contributed by atoms with E-state index in [2.05, 4.69) is 36.8 Å². The Morgan fingerprint density at radius 1 is 1.02 bits per heavy atom. The molecule has 5 rings (SSSR count). The van der Waals surface area contributed by atoms with Gasteiger partial charge >= 0.3 is 5.97 Å². The molecule has 0 unspecified atom stereocenters. The number of rotatable bonds is 12. The Hall–Kier alpha value is -3.68. The van der Waals surface area contributed by atoms with Crippen LogP contribution in [0.25, 0.3) is 5.69 Å². The van der Waals surface area contributed by atoms with Crippen molar-refractivity contribution in [3.05, 3.63) is 80.9 Å². The van der Waals surface area contributed by atoms with Crippen LogP contribution in [0.3, 0.4) is 0 Å². The smallest absolute Gasteiger partial charge is 0.341 e. The average Bonchev–Trinajstić information content (AvgIpc) is 3.59. The average molecular weight is 685 g/mol. The highest BCUT2D eigenvalue weighted by Gasteiger charge is 2.27. The van der Waals surface area contributed by atoms with Gasteiger partial charge in [0.1, 0.15) is 10.8 Å². The monoisotopic (exact) mass is 683 g/mol. The van der Waals surface area contributed by atoms with Crippen molar-refractivity contribution in [2.24, 2.45) is 0 Å². The molecule has 4 aromatic rings. The number of nitrogens with one attached hydrogen (secondary N) is 2. The number of ether oxygens (including phenoxy) is 2. The molecule has 2 amide bonds. The first-order chi connectivity index (χ1) is 20.9. The molecular formula is C30H30BrN5O5S2. The van der Waals surface area contributed by atoms with Gasteiger partial charge in [0, 0.05) is 15.0 Å².